The standard InChI is InChI=1S/C48H92O6/c1-5-7-9-11-13-15-16-20-25-29-33-37-41-48(51)54-45(42-52-46(49)39-35-31-27-22-14-12-10-8-6-2)43-53-47(50)40-36-32-28-24-21-18-17-19-23-26-30-34-38-44(3)4/h44-45H,5-43H2,1-4H3/t45-/m1/s1. The molecule has 0 bridgehead atoms. The SMILES string of the molecule is CCCCCCCCCCCCCCC(=O)O[C@H](COC(=O)CCCCCCCCCCC)COC(=O)CCCCCCCCCCCCCCC(C)C. The molecule has 0 unspecified atom stereocenters. The third-order valence-electron chi connectivity index (χ3n) is 10.8. The van der Waals surface area contributed by atoms with Crippen molar-refractivity contribution in [2.75, 3.05) is 13.2 Å². The van der Waals surface area contributed by atoms with E-state index in [1.165, 1.54) is 161 Å². The zero-order valence-electron chi connectivity index (χ0n) is 36.7. The second kappa shape index (κ2) is 42.6. The van der Waals surface area contributed by atoms with Gasteiger partial charge in [0.2, 0.25) is 0 Å². The van der Waals surface area contributed by atoms with E-state index in [0.29, 0.717) is 19.3 Å². The fraction of sp³-hybridized carbons (Fsp3) is 0.938. The second-order valence-electron chi connectivity index (χ2n) is 16.9. The molecule has 1 atom stereocenters. The second-order valence-corrected chi connectivity index (χ2v) is 16.9. The number of hydrogen-bond acceptors (Lipinski definition) is 6. The zero-order chi connectivity index (χ0) is 39.6. The molecular weight excluding hydrogens is 673 g/mol. The Morgan fingerprint density at radius 3 is 0.907 bits per heavy atom. The predicted octanol–water partition coefficient (Wildman–Crippen LogP) is 15.1. The lowest BCUT2D eigenvalue weighted by molar-refractivity contribution is -0.167. The molecule has 0 aromatic carbocycles. The van der Waals surface area contributed by atoms with Crippen molar-refractivity contribution in [1.82, 2.24) is 0 Å². The van der Waals surface area contributed by atoms with E-state index >= 15 is 0 Å². The van der Waals surface area contributed by atoms with Crippen molar-refractivity contribution in [3.05, 3.63) is 0 Å². The van der Waals surface area contributed by atoms with Gasteiger partial charge in [-0.1, -0.05) is 227 Å². The predicted molar refractivity (Wildman–Crippen MR) is 229 cm³/mol. The molecule has 0 fully saturated rings. The lowest BCUT2D eigenvalue weighted by Crippen LogP contribution is -2.30. The van der Waals surface area contributed by atoms with E-state index in [1.54, 1.807) is 0 Å². The Balaban J connectivity index is 4.28. The van der Waals surface area contributed by atoms with Crippen LogP contribution in [0.15, 0.2) is 0 Å². The first-order valence-electron chi connectivity index (χ1n) is 23.9. The maximum absolute atomic E-state index is 12.7. The highest BCUT2D eigenvalue weighted by Gasteiger charge is 2.19. The van der Waals surface area contributed by atoms with Gasteiger partial charge >= 0.3 is 17.9 Å². The highest BCUT2D eigenvalue weighted by Crippen LogP contribution is 2.16. The smallest absolute Gasteiger partial charge is 0.306 e. The molecule has 0 spiro atoms. The van der Waals surface area contributed by atoms with E-state index < -0.39 is 6.10 Å². The molecule has 0 aromatic heterocycles. The number of unbranched alkanes of at least 4 members (excludes halogenated alkanes) is 30. The summed E-state index contributed by atoms with van der Waals surface area (Å²) >= 11 is 0. The summed E-state index contributed by atoms with van der Waals surface area (Å²) in [4.78, 5) is 37.7. The van der Waals surface area contributed by atoms with Crippen LogP contribution in [0.4, 0.5) is 0 Å². The van der Waals surface area contributed by atoms with Gasteiger partial charge in [0.05, 0.1) is 0 Å². The topological polar surface area (TPSA) is 78.9 Å². The molecule has 0 aliphatic rings. The number of ether oxygens (including phenoxy) is 3. The van der Waals surface area contributed by atoms with Crippen LogP contribution >= 0.6 is 0 Å². The molecule has 0 saturated heterocycles. The average Bonchev–Trinajstić information content (AvgIpc) is 3.15. The van der Waals surface area contributed by atoms with Gasteiger partial charge in [0.1, 0.15) is 13.2 Å². The van der Waals surface area contributed by atoms with Crippen LogP contribution in [0.25, 0.3) is 0 Å². The van der Waals surface area contributed by atoms with Gasteiger partial charge in [-0.05, 0) is 25.2 Å². The zero-order valence-corrected chi connectivity index (χ0v) is 36.7. The van der Waals surface area contributed by atoms with Crippen LogP contribution in [0.2, 0.25) is 0 Å². The summed E-state index contributed by atoms with van der Waals surface area (Å²) in [6.45, 7) is 8.99. The molecule has 6 heteroatoms. The quantitative estimate of drug-likeness (QED) is 0.0349. The van der Waals surface area contributed by atoms with E-state index in [0.717, 1.165) is 63.7 Å². The highest BCUT2D eigenvalue weighted by molar-refractivity contribution is 5.71. The van der Waals surface area contributed by atoms with Gasteiger partial charge in [-0.15, -0.1) is 0 Å². The molecule has 0 N–H and O–H groups in total. The van der Waals surface area contributed by atoms with E-state index in [9.17, 15) is 14.4 Å². The van der Waals surface area contributed by atoms with Crippen LogP contribution in [-0.4, -0.2) is 37.2 Å². The molecule has 0 aromatic rings. The first kappa shape index (κ1) is 52.4. The summed E-state index contributed by atoms with van der Waals surface area (Å²) < 4.78 is 16.7. The molecule has 0 heterocycles. The molecule has 0 aliphatic carbocycles. The number of carbonyl (C=O) groups is 3. The van der Waals surface area contributed by atoms with Crippen LogP contribution in [-0.2, 0) is 28.6 Å². The summed E-state index contributed by atoms with van der Waals surface area (Å²) in [5.74, 6) is -0.0189. The Hall–Kier alpha value is -1.59. The molecule has 0 aliphatic heterocycles. The van der Waals surface area contributed by atoms with E-state index in [2.05, 4.69) is 27.7 Å². The first-order valence-corrected chi connectivity index (χ1v) is 23.9. The first-order chi connectivity index (χ1) is 26.4. The van der Waals surface area contributed by atoms with E-state index in [4.69, 9.17) is 14.2 Å². The van der Waals surface area contributed by atoms with Crippen LogP contribution in [0.3, 0.4) is 0 Å². The number of hydrogen-bond donors (Lipinski definition) is 0. The fourth-order valence-corrected chi connectivity index (χ4v) is 7.16. The van der Waals surface area contributed by atoms with Crippen molar-refractivity contribution in [3.8, 4) is 0 Å². The maximum Gasteiger partial charge on any atom is 0.306 e. The monoisotopic (exact) mass is 765 g/mol. The summed E-state index contributed by atoms with van der Waals surface area (Å²) in [5, 5.41) is 0. The van der Waals surface area contributed by atoms with Crippen LogP contribution in [0, 0.1) is 5.92 Å². The third-order valence-corrected chi connectivity index (χ3v) is 10.8. The van der Waals surface area contributed by atoms with Gasteiger partial charge in [-0.25, -0.2) is 0 Å². The van der Waals surface area contributed by atoms with Crippen molar-refractivity contribution >= 4 is 17.9 Å². The molecule has 6 nitrogen and oxygen atoms in total. The normalized spacial score (nSPS) is 11.9. The van der Waals surface area contributed by atoms with Gasteiger partial charge in [0.15, 0.2) is 6.10 Å². The van der Waals surface area contributed by atoms with Gasteiger partial charge < -0.3 is 14.2 Å². The minimum atomic E-state index is -0.758. The molecule has 0 radical (unpaired) electrons. The Kier molecular flexibility index (Phi) is 41.3. The van der Waals surface area contributed by atoms with Gasteiger partial charge in [0, 0.05) is 19.3 Å². The average molecular weight is 765 g/mol. The fourth-order valence-electron chi connectivity index (χ4n) is 7.16. The van der Waals surface area contributed by atoms with E-state index in [-0.39, 0.29) is 31.1 Å². The van der Waals surface area contributed by atoms with Crippen molar-refractivity contribution in [2.45, 2.75) is 271 Å². The van der Waals surface area contributed by atoms with Crippen molar-refractivity contribution in [1.29, 1.82) is 0 Å². The van der Waals surface area contributed by atoms with Crippen LogP contribution in [0.5, 0.6) is 0 Å². The number of carbonyl (C=O) groups excluding carboxylic acids is 3. The van der Waals surface area contributed by atoms with Crippen LogP contribution < -0.4 is 0 Å². The van der Waals surface area contributed by atoms with Crippen molar-refractivity contribution in [2.24, 2.45) is 5.92 Å². The summed E-state index contributed by atoms with van der Waals surface area (Å²) in [7, 11) is 0. The summed E-state index contributed by atoms with van der Waals surface area (Å²) in [6, 6.07) is 0. The summed E-state index contributed by atoms with van der Waals surface area (Å²) in [5.41, 5.74) is 0. The molecule has 0 amide bonds. The van der Waals surface area contributed by atoms with Gasteiger partial charge in [-0.3, -0.25) is 14.4 Å². The maximum atomic E-state index is 12.7. The Bertz CT molecular complexity index is 811. The molecule has 0 saturated carbocycles. The number of rotatable bonds is 43. The largest absolute Gasteiger partial charge is 0.462 e. The molecule has 0 rings (SSSR count). The third kappa shape index (κ3) is 41.6. The van der Waals surface area contributed by atoms with Gasteiger partial charge in [0.25, 0.3) is 0 Å². The van der Waals surface area contributed by atoms with E-state index in [1.807, 2.05) is 0 Å². The Morgan fingerprint density at radius 2 is 0.611 bits per heavy atom. The molecule has 320 valence electrons. The van der Waals surface area contributed by atoms with Crippen molar-refractivity contribution < 1.29 is 28.6 Å². The molecular formula is C48H92O6. The Labute approximate surface area is 336 Å². The Morgan fingerprint density at radius 1 is 0.352 bits per heavy atom. The molecule has 54 heavy (non-hydrogen) atoms. The highest BCUT2D eigenvalue weighted by atomic mass is 16.6. The lowest BCUT2D eigenvalue weighted by Gasteiger charge is -2.18. The minimum Gasteiger partial charge on any atom is -0.462 e. The van der Waals surface area contributed by atoms with Crippen LogP contribution in [0.1, 0.15) is 265 Å². The minimum absolute atomic E-state index is 0.0634. The summed E-state index contributed by atoms with van der Waals surface area (Å²) in [6.07, 6.45) is 42.3. The lowest BCUT2D eigenvalue weighted by atomic mass is 10.0. The number of esters is 3. The van der Waals surface area contributed by atoms with Gasteiger partial charge in [-0.2, -0.15) is 0 Å². The van der Waals surface area contributed by atoms with Crippen molar-refractivity contribution in [3.63, 3.8) is 0 Å².